The number of nitrogens with zero attached hydrogens (tertiary/aromatic N) is 2. The molecule has 2 rings (SSSR count). The van der Waals surface area contributed by atoms with Gasteiger partial charge in [-0.15, -0.1) is 0 Å². The predicted molar refractivity (Wildman–Crippen MR) is 66.4 cm³/mol. The lowest BCUT2D eigenvalue weighted by atomic mass is 10.1. The molecule has 1 saturated carbocycles. The normalized spacial score (nSPS) is 15.0. The summed E-state index contributed by atoms with van der Waals surface area (Å²) in [5.74, 6) is -0.438. The van der Waals surface area contributed by atoms with E-state index in [-0.39, 0.29) is 5.69 Å². The highest BCUT2D eigenvalue weighted by atomic mass is 16.4. The zero-order valence-electron chi connectivity index (χ0n) is 10.3. The van der Waals surface area contributed by atoms with Crippen molar-refractivity contribution in [2.24, 2.45) is 5.92 Å². The molecular weight excluding hydrogens is 216 g/mol. The van der Waals surface area contributed by atoms with Crippen LogP contribution in [0.15, 0.2) is 18.3 Å². The van der Waals surface area contributed by atoms with Crippen molar-refractivity contribution in [1.29, 1.82) is 0 Å². The van der Waals surface area contributed by atoms with E-state index in [1.54, 1.807) is 6.07 Å². The molecule has 1 aromatic heterocycles. The number of carbonyl (C=O) groups is 1. The van der Waals surface area contributed by atoms with Crippen LogP contribution in [-0.4, -0.2) is 28.6 Å². The molecule has 1 fully saturated rings. The Hall–Kier alpha value is -1.58. The molecule has 4 nitrogen and oxygen atoms in total. The first kappa shape index (κ1) is 11.9. The lowest BCUT2D eigenvalue weighted by Gasteiger charge is -2.27. The lowest BCUT2D eigenvalue weighted by molar-refractivity contribution is 0.0691. The van der Waals surface area contributed by atoms with Gasteiger partial charge < -0.3 is 10.0 Å². The van der Waals surface area contributed by atoms with Gasteiger partial charge in [0, 0.05) is 18.8 Å². The number of carboxylic acids is 1. The average molecular weight is 234 g/mol. The van der Waals surface area contributed by atoms with Gasteiger partial charge in [0.15, 0.2) is 5.69 Å². The first-order valence-electron chi connectivity index (χ1n) is 6.04. The zero-order valence-corrected chi connectivity index (χ0v) is 10.3. The summed E-state index contributed by atoms with van der Waals surface area (Å²) < 4.78 is 0. The van der Waals surface area contributed by atoms with E-state index in [9.17, 15) is 4.79 Å². The third kappa shape index (κ3) is 2.75. The third-order valence-corrected chi connectivity index (χ3v) is 2.85. The molecule has 0 aliphatic heterocycles. The standard InChI is InChI=1S/C13H18N2O2/c1-9(2)8-15(10-5-6-10)11-4-3-7-14-12(11)13(16)17/h3-4,7,9-10H,5-6,8H2,1-2H3,(H,16,17). The van der Waals surface area contributed by atoms with E-state index in [2.05, 4.69) is 23.7 Å². The molecule has 0 bridgehead atoms. The maximum atomic E-state index is 11.2. The first-order valence-corrected chi connectivity index (χ1v) is 6.04. The molecule has 92 valence electrons. The van der Waals surface area contributed by atoms with Crippen LogP contribution in [0.5, 0.6) is 0 Å². The zero-order chi connectivity index (χ0) is 12.4. The molecule has 1 aromatic rings. The van der Waals surface area contributed by atoms with Crippen LogP contribution in [0.25, 0.3) is 0 Å². The number of carboxylic acid groups (broad SMARTS) is 1. The Balaban J connectivity index is 2.31. The molecule has 1 N–H and O–H groups in total. The second-order valence-corrected chi connectivity index (χ2v) is 4.95. The van der Waals surface area contributed by atoms with Crippen LogP contribution in [0.4, 0.5) is 5.69 Å². The Bertz CT molecular complexity index is 414. The van der Waals surface area contributed by atoms with Gasteiger partial charge in [-0.05, 0) is 30.9 Å². The molecule has 4 heteroatoms. The van der Waals surface area contributed by atoms with Crippen molar-refractivity contribution in [3.8, 4) is 0 Å². The molecule has 0 aromatic carbocycles. The van der Waals surface area contributed by atoms with E-state index in [0.29, 0.717) is 12.0 Å². The minimum absolute atomic E-state index is 0.167. The second-order valence-electron chi connectivity index (χ2n) is 4.95. The van der Waals surface area contributed by atoms with Crippen molar-refractivity contribution in [3.63, 3.8) is 0 Å². The van der Waals surface area contributed by atoms with Crippen molar-refractivity contribution >= 4 is 11.7 Å². The quantitative estimate of drug-likeness (QED) is 0.850. The van der Waals surface area contributed by atoms with Gasteiger partial charge >= 0.3 is 5.97 Å². The molecule has 0 atom stereocenters. The summed E-state index contributed by atoms with van der Waals surface area (Å²) in [5.41, 5.74) is 0.927. The summed E-state index contributed by atoms with van der Waals surface area (Å²) in [6.07, 6.45) is 3.84. The summed E-state index contributed by atoms with van der Waals surface area (Å²) >= 11 is 0. The highest BCUT2D eigenvalue weighted by Gasteiger charge is 2.32. The summed E-state index contributed by atoms with van der Waals surface area (Å²) in [6.45, 7) is 5.18. The van der Waals surface area contributed by atoms with Crippen LogP contribution in [-0.2, 0) is 0 Å². The molecule has 1 aliphatic carbocycles. The number of anilines is 1. The molecule has 0 saturated heterocycles. The number of pyridine rings is 1. The van der Waals surface area contributed by atoms with Crippen LogP contribution in [0.2, 0.25) is 0 Å². The van der Waals surface area contributed by atoms with Gasteiger partial charge in [-0.2, -0.15) is 0 Å². The van der Waals surface area contributed by atoms with Crippen LogP contribution in [0.3, 0.4) is 0 Å². The minimum Gasteiger partial charge on any atom is -0.476 e. The highest BCUT2D eigenvalue weighted by molar-refractivity contribution is 5.92. The van der Waals surface area contributed by atoms with Gasteiger partial charge in [-0.25, -0.2) is 9.78 Å². The molecule has 0 spiro atoms. The minimum atomic E-state index is -0.949. The fraction of sp³-hybridized carbons (Fsp3) is 0.538. The van der Waals surface area contributed by atoms with Crippen LogP contribution in [0, 0.1) is 5.92 Å². The van der Waals surface area contributed by atoms with Crippen molar-refractivity contribution in [1.82, 2.24) is 4.98 Å². The molecule has 17 heavy (non-hydrogen) atoms. The Morgan fingerprint density at radius 1 is 1.59 bits per heavy atom. The largest absolute Gasteiger partial charge is 0.476 e. The van der Waals surface area contributed by atoms with Crippen LogP contribution >= 0.6 is 0 Å². The Morgan fingerprint density at radius 2 is 2.29 bits per heavy atom. The Labute approximate surface area is 101 Å². The van der Waals surface area contributed by atoms with Gasteiger partial charge in [0.2, 0.25) is 0 Å². The maximum absolute atomic E-state index is 11.2. The smallest absolute Gasteiger partial charge is 0.356 e. The Morgan fingerprint density at radius 3 is 2.82 bits per heavy atom. The van der Waals surface area contributed by atoms with Crippen molar-refractivity contribution < 1.29 is 9.90 Å². The highest BCUT2D eigenvalue weighted by Crippen LogP contribution is 2.33. The number of aromatic carboxylic acids is 1. The van der Waals surface area contributed by atoms with Gasteiger partial charge in [0.25, 0.3) is 0 Å². The van der Waals surface area contributed by atoms with Crippen molar-refractivity contribution in [2.75, 3.05) is 11.4 Å². The molecular formula is C13H18N2O2. The van der Waals surface area contributed by atoms with E-state index in [1.165, 1.54) is 6.20 Å². The second kappa shape index (κ2) is 4.73. The topological polar surface area (TPSA) is 53.4 Å². The van der Waals surface area contributed by atoms with E-state index in [0.717, 1.165) is 25.1 Å². The number of rotatable bonds is 5. The van der Waals surface area contributed by atoms with Gasteiger partial charge in [-0.3, -0.25) is 0 Å². The van der Waals surface area contributed by atoms with Gasteiger partial charge in [0.1, 0.15) is 0 Å². The van der Waals surface area contributed by atoms with Crippen LogP contribution in [0.1, 0.15) is 37.2 Å². The molecule has 0 amide bonds. The van der Waals surface area contributed by atoms with E-state index in [1.807, 2.05) is 6.07 Å². The number of aromatic nitrogens is 1. The maximum Gasteiger partial charge on any atom is 0.356 e. The summed E-state index contributed by atoms with van der Waals surface area (Å²) in [7, 11) is 0. The summed E-state index contributed by atoms with van der Waals surface area (Å²) in [5, 5.41) is 9.16. The van der Waals surface area contributed by atoms with Gasteiger partial charge in [-0.1, -0.05) is 13.8 Å². The summed E-state index contributed by atoms with van der Waals surface area (Å²) in [6, 6.07) is 4.16. The van der Waals surface area contributed by atoms with Crippen molar-refractivity contribution in [3.05, 3.63) is 24.0 Å². The van der Waals surface area contributed by atoms with E-state index < -0.39 is 5.97 Å². The molecule has 0 radical (unpaired) electrons. The average Bonchev–Trinajstić information content (AvgIpc) is 3.09. The van der Waals surface area contributed by atoms with Crippen LogP contribution < -0.4 is 4.90 Å². The van der Waals surface area contributed by atoms with Crippen molar-refractivity contribution in [2.45, 2.75) is 32.7 Å². The van der Waals surface area contributed by atoms with Gasteiger partial charge in [0.05, 0.1) is 5.69 Å². The fourth-order valence-electron chi connectivity index (χ4n) is 2.02. The number of hydrogen-bond donors (Lipinski definition) is 1. The Kier molecular flexibility index (Phi) is 3.31. The van der Waals surface area contributed by atoms with E-state index in [4.69, 9.17) is 5.11 Å². The number of hydrogen-bond acceptors (Lipinski definition) is 3. The first-order chi connectivity index (χ1) is 8.09. The third-order valence-electron chi connectivity index (χ3n) is 2.85. The fourth-order valence-corrected chi connectivity index (χ4v) is 2.02. The molecule has 1 aliphatic rings. The SMILES string of the molecule is CC(C)CN(c1cccnc1C(=O)O)C1CC1. The molecule has 1 heterocycles. The lowest BCUT2D eigenvalue weighted by Crippen LogP contribution is -2.31. The monoisotopic (exact) mass is 234 g/mol. The molecule has 0 unspecified atom stereocenters. The van der Waals surface area contributed by atoms with E-state index >= 15 is 0 Å². The summed E-state index contributed by atoms with van der Waals surface area (Å²) in [4.78, 5) is 17.3. The predicted octanol–water partition coefficient (Wildman–Crippen LogP) is 2.40.